The lowest BCUT2D eigenvalue weighted by molar-refractivity contribution is -0.140. The first-order chi connectivity index (χ1) is 6.20. The van der Waals surface area contributed by atoms with Gasteiger partial charge in [-0.05, 0) is 12.8 Å². The molecule has 0 aromatic rings. The Hall–Kier alpha value is -1.06. The summed E-state index contributed by atoms with van der Waals surface area (Å²) in [6.07, 6.45) is 3.28. The van der Waals surface area contributed by atoms with Crippen LogP contribution in [0, 0.1) is 5.92 Å². The van der Waals surface area contributed by atoms with Crippen LogP contribution in [0.4, 0.5) is 0 Å². The predicted octanol–water partition coefficient (Wildman–Crippen LogP) is 0.879. The fraction of sp³-hybridized carbons (Fsp3) is 0.778. The molecule has 74 valence electrons. The number of nitrogens with one attached hydrogen (secondary N) is 1. The molecule has 4 heteroatoms. The van der Waals surface area contributed by atoms with E-state index in [-0.39, 0.29) is 5.92 Å². The lowest BCUT2D eigenvalue weighted by Crippen LogP contribution is -2.32. The van der Waals surface area contributed by atoms with Gasteiger partial charge in [-0.3, -0.25) is 9.79 Å². The third-order valence-electron chi connectivity index (χ3n) is 2.16. The van der Waals surface area contributed by atoms with Crippen molar-refractivity contribution in [2.75, 3.05) is 13.1 Å². The van der Waals surface area contributed by atoms with E-state index in [1.807, 2.05) is 0 Å². The van der Waals surface area contributed by atoms with Crippen LogP contribution in [0.2, 0.25) is 0 Å². The summed E-state index contributed by atoms with van der Waals surface area (Å²) in [6, 6.07) is 0. The molecule has 0 spiro atoms. The zero-order chi connectivity index (χ0) is 9.68. The summed E-state index contributed by atoms with van der Waals surface area (Å²) in [4.78, 5) is 14.8. The summed E-state index contributed by atoms with van der Waals surface area (Å²) in [5.41, 5.74) is 0. The number of nitrogens with zero attached hydrogens (tertiary/aromatic N) is 1. The normalized spacial score (nSPS) is 19.0. The second-order valence-electron chi connectivity index (χ2n) is 3.41. The van der Waals surface area contributed by atoms with E-state index in [1.54, 1.807) is 6.92 Å². The van der Waals surface area contributed by atoms with Crippen LogP contribution < -0.4 is 5.32 Å². The van der Waals surface area contributed by atoms with Gasteiger partial charge in [0.2, 0.25) is 0 Å². The maximum absolute atomic E-state index is 10.5. The van der Waals surface area contributed by atoms with E-state index in [9.17, 15) is 4.79 Å². The number of carboxylic acids is 1. The third-order valence-corrected chi connectivity index (χ3v) is 2.16. The van der Waals surface area contributed by atoms with E-state index in [1.165, 1.54) is 0 Å². The molecule has 0 saturated carbocycles. The molecule has 1 aliphatic rings. The zero-order valence-electron chi connectivity index (χ0n) is 7.92. The van der Waals surface area contributed by atoms with Gasteiger partial charge < -0.3 is 10.4 Å². The fourth-order valence-corrected chi connectivity index (χ4v) is 1.20. The monoisotopic (exact) mass is 184 g/mol. The summed E-state index contributed by atoms with van der Waals surface area (Å²) in [5, 5.41) is 11.7. The second-order valence-corrected chi connectivity index (χ2v) is 3.41. The van der Waals surface area contributed by atoms with Crippen LogP contribution >= 0.6 is 0 Å². The average Bonchev–Trinajstić information content (AvgIpc) is 2.15. The number of carboxylic acid groups (broad SMARTS) is 1. The quantitative estimate of drug-likeness (QED) is 0.684. The molecule has 0 bridgehead atoms. The molecule has 0 radical (unpaired) electrons. The van der Waals surface area contributed by atoms with Crippen molar-refractivity contribution in [3.63, 3.8) is 0 Å². The third kappa shape index (κ3) is 3.44. The van der Waals surface area contributed by atoms with Gasteiger partial charge in [0.25, 0.3) is 0 Å². The van der Waals surface area contributed by atoms with Crippen molar-refractivity contribution in [3.8, 4) is 0 Å². The first kappa shape index (κ1) is 10.0. The number of aliphatic carboxylic acids is 1. The molecule has 2 N–H and O–H groups in total. The fourth-order valence-electron chi connectivity index (χ4n) is 1.20. The summed E-state index contributed by atoms with van der Waals surface area (Å²) in [5.74, 6) is -0.132. The first-order valence-electron chi connectivity index (χ1n) is 4.70. The molecular weight excluding hydrogens is 168 g/mol. The Morgan fingerprint density at radius 1 is 1.69 bits per heavy atom. The summed E-state index contributed by atoms with van der Waals surface area (Å²) >= 11 is 0. The van der Waals surface area contributed by atoms with Crippen LogP contribution in [-0.4, -0.2) is 30.0 Å². The van der Waals surface area contributed by atoms with E-state index < -0.39 is 5.97 Å². The van der Waals surface area contributed by atoms with Crippen LogP contribution in [0.15, 0.2) is 4.99 Å². The highest BCUT2D eigenvalue weighted by molar-refractivity contribution is 5.83. The summed E-state index contributed by atoms with van der Waals surface area (Å²) in [7, 11) is 0. The number of hydrogen-bond donors (Lipinski definition) is 2. The Balaban J connectivity index is 2.25. The largest absolute Gasteiger partial charge is 0.481 e. The molecule has 0 fully saturated rings. The SMILES string of the molecule is CC(CNC1=NCCCC1)C(=O)O. The van der Waals surface area contributed by atoms with Crippen molar-refractivity contribution >= 4 is 11.8 Å². The van der Waals surface area contributed by atoms with Gasteiger partial charge in [0.1, 0.15) is 0 Å². The highest BCUT2D eigenvalue weighted by Crippen LogP contribution is 2.04. The van der Waals surface area contributed by atoms with Crippen molar-refractivity contribution in [2.45, 2.75) is 26.2 Å². The number of aliphatic imine (C=N–C) groups is 1. The second kappa shape index (κ2) is 4.84. The Morgan fingerprint density at radius 2 is 2.46 bits per heavy atom. The van der Waals surface area contributed by atoms with Crippen molar-refractivity contribution in [3.05, 3.63) is 0 Å². The van der Waals surface area contributed by atoms with E-state index in [0.717, 1.165) is 31.6 Å². The van der Waals surface area contributed by atoms with E-state index in [4.69, 9.17) is 5.11 Å². The maximum atomic E-state index is 10.5. The highest BCUT2D eigenvalue weighted by Gasteiger charge is 2.11. The van der Waals surface area contributed by atoms with Crippen LogP contribution in [0.5, 0.6) is 0 Å². The minimum Gasteiger partial charge on any atom is -0.481 e. The van der Waals surface area contributed by atoms with Gasteiger partial charge in [-0.15, -0.1) is 0 Å². The molecule has 1 aliphatic heterocycles. The van der Waals surface area contributed by atoms with Gasteiger partial charge in [-0.2, -0.15) is 0 Å². The van der Waals surface area contributed by atoms with Gasteiger partial charge in [0, 0.05) is 19.5 Å². The van der Waals surface area contributed by atoms with Crippen molar-refractivity contribution in [1.29, 1.82) is 0 Å². The molecule has 1 rings (SSSR count). The van der Waals surface area contributed by atoms with Gasteiger partial charge in [0.15, 0.2) is 0 Å². The van der Waals surface area contributed by atoms with Gasteiger partial charge in [-0.1, -0.05) is 6.92 Å². The standard InChI is InChI=1S/C9H16N2O2/c1-7(9(12)13)6-11-8-4-2-3-5-10-8/h7H,2-6H2,1H3,(H,10,11)(H,12,13). The maximum Gasteiger partial charge on any atom is 0.308 e. The zero-order valence-corrected chi connectivity index (χ0v) is 7.92. The van der Waals surface area contributed by atoms with E-state index in [2.05, 4.69) is 10.3 Å². The highest BCUT2D eigenvalue weighted by atomic mass is 16.4. The minimum atomic E-state index is -0.760. The van der Waals surface area contributed by atoms with Gasteiger partial charge in [0.05, 0.1) is 11.8 Å². The summed E-state index contributed by atoms with van der Waals surface area (Å²) in [6.45, 7) is 3.05. The number of carbonyl (C=O) groups is 1. The van der Waals surface area contributed by atoms with E-state index in [0.29, 0.717) is 6.54 Å². The Morgan fingerprint density at radius 3 is 3.00 bits per heavy atom. The average molecular weight is 184 g/mol. The van der Waals surface area contributed by atoms with Crippen LogP contribution in [-0.2, 0) is 4.79 Å². The molecular formula is C9H16N2O2. The Bertz CT molecular complexity index is 214. The van der Waals surface area contributed by atoms with E-state index >= 15 is 0 Å². The molecule has 1 heterocycles. The molecule has 1 unspecified atom stereocenters. The molecule has 13 heavy (non-hydrogen) atoms. The van der Waals surface area contributed by atoms with Crippen LogP contribution in [0.3, 0.4) is 0 Å². The van der Waals surface area contributed by atoms with Gasteiger partial charge >= 0.3 is 5.97 Å². The molecule has 1 atom stereocenters. The molecule has 0 amide bonds. The summed E-state index contributed by atoms with van der Waals surface area (Å²) < 4.78 is 0. The van der Waals surface area contributed by atoms with Crippen molar-refractivity contribution in [1.82, 2.24) is 5.32 Å². The van der Waals surface area contributed by atoms with Crippen LogP contribution in [0.1, 0.15) is 26.2 Å². The van der Waals surface area contributed by atoms with Crippen molar-refractivity contribution < 1.29 is 9.90 Å². The lowest BCUT2D eigenvalue weighted by atomic mass is 10.1. The Kier molecular flexibility index (Phi) is 3.73. The number of amidine groups is 1. The molecule has 0 aliphatic carbocycles. The van der Waals surface area contributed by atoms with Gasteiger partial charge in [-0.25, -0.2) is 0 Å². The number of rotatable bonds is 3. The molecule has 0 aromatic carbocycles. The Labute approximate surface area is 78.1 Å². The smallest absolute Gasteiger partial charge is 0.308 e. The molecule has 4 nitrogen and oxygen atoms in total. The predicted molar refractivity (Wildman–Crippen MR) is 51.0 cm³/mol. The minimum absolute atomic E-state index is 0.343. The lowest BCUT2D eigenvalue weighted by Gasteiger charge is -2.15. The molecule has 0 saturated heterocycles. The molecule has 0 aromatic heterocycles. The topological polar surface area (TPSA) is 61.7 Å². The van der Waals surface area contributed by atoms with Crippen LogP contribution in [0.25, 0.3) is 0 Å². The first-order valence-corrected chi connectivity index (χ1v) is 4.70. The van der Waals surface area contributed by atoms with Crippen molar-refractivity contribution in [2.24, 2.45) is 10.9 Å². The number of hydrogen-bond acceptors (Lipinski definition) is 3.